The highest BCUT2D eigenvalue weighted by atomic mass is 16.5. The molecule has 0 amide bonds. The van der Waals surface area contributed by atoms with Crippen LogP contribution in [0.15, 0.2) is 12.2 Å². The molecule has 1 rings (SSSR count). The maximum atomic E-state index is 5.96. The fraction of sp³-hybridized carbons (Fsp3) is 0.875. The first-order chi connectivity index (χ1) is 8.18. The van der Waals surface area contributed by atoms with Gasteiger partial charge in [-0.15, -0.1) is 0 Å². The molecule has 2 nitrogen and oxygen atoms in total. The summed E-state index contributed by atoms with van der Waals surface area (Å²) in [6.45, 7) is 16.9. The van der Waals surface area contributed by atoms with Gasteiger partial charge >= 0.3 is 0 Å². The molecule has 106 valence electrons. The van der Waals surface area contributed by atoms with E-state index in [1.807, 2.05) is 0 Å². The molecule has 0 aromatic carbocycles. The van der Waals surface area contributed by atoms with Crippen LogP contribution in [0, 0.1) is 5.41 Å². The molecule has 1 fully saturated rings. The van der Waals surface area contributed by atoms with Gasteiger partial charge in [-0.1, -0.05) is 20.4 Å². The maximum absolute atomic E-state index is 5.96. The first-order valence-electron chi connectivity index (χ1n) is 7.21. The normalized spacial score (nSPS) is 20.9. The lowest BCUT2D eigenvalue weighted by molar-refractivity contribution is 0.0152. The summed E-state index contributed by atoms with van der Waals surface area (Å²) >= 11 is 0. The average molecular weight is 253 g/mol. The monoisotopic (exact) mass is 253 g/mol. The Morgan fingerprint density at radius 3 is 2.33 bits per heavy atom. The van der Waals surface area contributed by atoms with E-state index in [1.54, 1.807) is 0 Å². The van der Waals surface area contributed by atoms with Crippen molar-refractivity contribution < 1.29 is 4.74 Å². The van der Waals surface area contributed by atoms with Gasteiger partial charge in [0.25, 0.3) is 0 Å². The zero-order valence-corrected chi connectivity index (χ0v) is 12.9. The molecule has 18 heavy (non-hydrogen) atoms. The molecule has 0 bridgehead atoms. The third kappa shape index (κ3) is 6.55. The predicted molar refractivity (Wildman–Crippen MR) is 78.9 cm³/mol. The molecule has 1 N–H and O–H groups in total. The van der Waals surface area contributed by atoms with Crippen LogP contribution in [0.1, 0.15) is 60.3 Å². The third-order valence-electron chi connectivity index (χ3n) is 3.68. The van der Waals surface area contributed by atoms with Crippen molar-refractivity contribution in [2.75, 3.05) is 13.2 Å². The largest absolute Gasteiger partial charge is 0.374 e. The minimum atomic E-state index is 0.151. The minimum Gasteiger partial charge on any atom is -0.374 e. The van der Waals surface area contributed by atoms with Gasteiger partial charge < -0.3 is 10.1 Å². The maximum Gasteiger partial charge on any atom is 0.0690 e. The molecule has 0 saturated heterocycles. The first kappa shape index (κ1) is 15.7. The van der Waals surface area contributed by atoms with Crippen LogP contribution in [0.5, 0.6) is 0 Å². The van der Waals surface area contributed by atoms with Crippen LogP contribution >= 0.6 is 0 Å². The number of ether oxygens (including phenoxy) is 1. The van der Waals surface area contributed by atoms with E-state index < -0.39 is 0 Å². The van der Waals surface area contributed by atoms with Crippen molar-refractivity contribution in [3.63, 3.8) is 0 Å². The summed E-state index contributed by atoms with van der Waals surface area (Å²) < 4.78 is 5.96. The van der Waals surface area contributed by atoms with Crippen molar-refractivity contribution in [2.45, 2.75) is 71.9 Å². The van der Waals surface area contributed by atoms with Gasteiger partial charge in [0.1, 0.15) is 0 Å². The molecule has 1 aliphatic rings. The highest BCUT2D eigenvalue weighted by Crippen LogP contribution is 2.36. The zero-order chi connectivity index (χ0) is 13.8. The highest BCUT2D eigenvalue weighted by Gasteiger charge is 2.27. The molecule has 0 radical (unpaired) electrons. The van der Waals surface area contributed by atoms with E-state index in [4.69, 9.17) is 4.74 Å². The fourth-order valence-corrected chi connectivity index (χ4v) is 2.22. The second kappa shape index (κ2) is 6.21. The Balaban J connectivity index is 2.16. The molecule has 0 spiro atoms. The van der Waals surface area contributed by atoms with E-state index in [-0.39, 0.29) is 5.54 Å². The Bertz CT molecular complexity index is 265. The van der Waals surface area contributed by atoms with E-state index in [1.165, 1.54) is 25.7 Å². The number of hydrogen-bond acceptors (Lipinski definition) is 2. The van der Waals surface area contributed by atoms with E-state index in [0.717, 1.165) is 12.1 Å². The van der Waals surface area contributed by atoms with Crippen molar-refractivity contribution in [2.24, 2.45) is 5.41 Å². The smallest absolute Gasteiger partial charge is 0.0690 e. The number of nitrogens with one attached hydrogen (secondary N) is 1. The van der Waals surface area contributed by atoms with Gasteiger partial charge in [0.05, 0.1) is 12.7 Å². The van der Waals surface area contributed by atoms with Crippen LogP contribution in [0.25, 0.3) is 0 Å². The SMILES string of the molecule is C=C(CNC(C)(C)C)COC1CCC(C)(C)CC1. The average Bonchev–Trinajstić information content (AvgIpc) is 2.24. The molecule has 1 aliphatic carbocycles. The van der Waals surface area contributed by atoms with Gasteiger partial charge in [0, 0.05) is 12.1 Å². The lowest BCUT2D eigenvalue weighted by Gasteiger charge is -2.34. The standard InChI is InChI=1S/C16H31NO/c1-13(11-17-15(2,3)4)12-18-14-7-9-16(5,6)10-8-14/h14,17H,1,7-12H2,2-6H3. The lowest BCUT2D eigenvalue weighted by atomic mass is 9.76. The minimum absolute atomic E-state index is 0.151. The third-order valence-corrected chi connectivity index (χ3v) is 3.68. The Morgan fingerprint density at radius 1 is 1.28 bits per heavy atom. The molecular formula is C16H31NO. The van der Waals surface area contributed by atoms with Crippen molar-refractivity contribution in [1.82, 2.24) is 5.32 Å². The van der Waals surface area contributed by atoms with E-state index in [9.17, 15) is 0 Å². The van der Waals surface area contributed by atoms with Crippen molar-refractivity contribution >= 4 is 0 Å². The van der Waals surface area contributed by atoms with Crippen LogP contribution in [-0.4, -0.2) is 24.8 Å². The summed E-state index contributed by atoms with van der Waals surface area (Å²) in [5.41, 5.74) is 1.82. The molecule has 0 heterocycles. The van der Waals surface area contributed by atoms with Gasteiger partial charge in [-0.05, 0) is 57.4 Å². The topological polar surface area (TPSA) is 21.3 Å². The Kier molecular flexibility index (Phi) is 5.42. The summed E-state index contributed by atoms with van der Waals surface area (Å²) in [5.74, 6) is 0. The van der Waals surface area contributed by atoms with E-state index in [2.05, 4.69) is 46.5 Å². The van der Waals surface area contributed by atoms with Gasteiger partial charge in [-0.25, -0.2) is 0 Å². The molecule has 1 saturated carbocycles. The van der Waals surface area contributed by atoms with Gasteiger partial charge in [-0.2, -0.15) is 0 Å². The van der Waals surface area contributed by atoms with Crippen molar-refractivity contribution in [3.05, 3.63) is 12.2 Å². The molecule has 2 heteroatoms. The van der Waals surface area contributed by atoms with E-state index in [0.29, 0.717) is 18.1 Å². The van der Waals surface area contributed by atoms with Crippen LogP contribution in [0.2, 0.25) is 0 Å². The Labute approximate surface area is 113 Å². The first-order valence-corrected chi connectivity index (χ1v) is 7.21. The van der Waals surface area contributed by atoms with Crippen molar-refractivity contribution in [3.8, 4) is 0 Å². The molecule has 0 atom stereocenters. The molecule has 0 aromatic rings. The highest BCUT2D eigenvalue weighted by molar-refractivity contribution is 4.98. The van der Waals surface area contributed by atoms with Gasteiger partial charge in [0.15, 0.2) is 0 Å². The molecule has 0 unspecified atom stereocenters. The molecular weight excluding hydrogens is 222 g/mol. The molecule has 0 aliphatic heterocycles. The van der Waals surface area contributed by atoms with Crippen LogP contribution in [-0.2, 0) is 4.74 Å². The zero-order valence-electron chi connectivity index (χ0n) is 12.9. The van der Waals surface area contributed by atoms with E-state index >= 15 is 0 Å². The fourth-order valence-electron chi connectivity index (χ4n) is 2.22. The number of hydrogen-bond donors (Lipinski definition) is 1. The summed E-state index contributed by atoms with van der Waals surface area (Å²) in [5, 5.41) is 3.44. The number of rotatable bonds is 5. The quantitative estimate of drug-likeness (QED) is 0.750. The Morgan fingerprint density at radius 2 is 1.83 bits per heavy atom. The second-order valence-corrected chi connectivity index (χ2v) is 7.53. The van der Waals surface area contributed by atoms with Crippen molar-refractivity contribution in [1.29, 1.82) is 0 Å². The lowest BCUT2D eigenvalue weighted by Crippen LogP contribution is -2.37. The van der Waals surface area contributed by atoms with Gasteiger partial charge in [0.2, 0.25) is 0 Å². The summed E-state index contributed by atoms with van der Waals surface area (Å²) in [4.78, 5) is 0. The van der Waals surface area contributed by atoms with Crippen LogP contribution < -0.4 is 5.32 Å². The predicted octanol–water partition coefficient (Wildman–Crippen LogP) is 3.92. The summed E-state index contributed by atoms with van der Waals surface area (Å²) in [6.07, 6.45) is 5.42. The van der Waals surface area contributed by atoms with Gasteiger partial charge in [-0.3, -0.25) is 0 Å². The van der Waals surface area contributed by atoms with Crippen LogP contribution in [0.3, 0.4) is 0 Å². The Hall–Kier alpha value is -0.340. The summed E-state index contributed by atoms with van der Waals surface area (Å²) in [6, 6.07) is 0. The van der Waals surface area contributed by atoms with Crippen LogP contribution in [0.4, 0.5) is 0 Å². The summed E-state index contributed by atoms with van der Waals surface area (Å²) in [7, 11) is 0. The molecule has 0 aromatic heterocycles. The second-order valence-electron chi connectivity index (χ2n) is 7.53.